The number of rotatable bonds is 18. The van der Waals surface area contributed by atoms with Crippen molar-refractivity contribution in [1.82, 2.24) is 10.4 Å². The summed E-state index contributed by atoms with van der Waals surface area (Å²) in [5.74, 6) is -1.07. The normalized spacial score (nSPS) is 12.6. The van der Waals surface area contributed by atoms with E-state index in [-0.39, 0.29) is 47.6 Å². The molecule has 0 bridgehead atoms. The Bertz CT molecular complexity index is 1720. The second-order valence-corrected chi connectivity index (χ2v) is 11.4. The monoisotopic (exact) mass is 647 g/mol. The number of carboxylic acid groups (broad SMARTS) is 1. The van der Waals surface area contributed by atoms with Crippen molar-refractivity contribution < 1.29 is 38.6 Å². The molecular weight excluding hydrogens is 606 g/mol. The number of carboxylic acids is 1. The molecule has 0 aromatic heterocycles. The van der Waals surface area contributed by atoms with E-state index < -0.39 is 5.97 Å². The van der Waals surface area contributed by atoms with Crippen LogP contribution in [0.5, 0.6) is 5.75 Å². The average Bonchev–Trinajstić information content (AvgIpc) is 3.04. The number of aromatic carboxylic acids is 1. The highest BCUT2D eigenvalue weighted by Crippen LogP contribution is 2.42. The van der Waals surface area contributed by atoms with Gasteiger partial charge in [0, 0.05) is 66.9 Å². The molecule has 0 spiro atoms. The molecule has 1 amide bonds. The smallest absolute Gasteiger partial charge is 0.336 e. The topological polar surface area (TPSA) is 168 Å². The summed E-state index contributed by atoms with van der Waals surface area (Å²) in [6.07, 6.45) is 3.30. The molecule has 0 saturated carbocycles. The first-order chi connectivity index (χ1) is 22.6. The minimum atomic E-state index is -1.11. The second kappa shape index (κ2) is 16.7. The van der Waals surface area contributed by atoms with Crippen LogP contribution in [0.25, 0.3) is 33.4 Å². The van der Waals surface area contributed by atoms with E-state index in [4.69, 9.17) is 14.0 Å². The maximum atomic E-state index is 12.5. The molecule has 0 fully saturated rings. The maximum Gasteiger partial charge on any atom is 0.336 e. The van der Waals surface area contributed by atoms with Gasteiger partial charge >= 0.3 is 5.97 Å². The van der Waals surface area contributed by atoms with E-state index >= 15 is 0 Å². The highest BCUT2D eigenvalue weighted by atomic mass is 16.7. The van der Waals surface area contributed by atoms with Gasteiger partial charge in [0.1, 0.15) is 23.4 Å². The van der Waals surface area contributed by atoms with Gasteiger partial charge in [-0.25, -0.2) is 9.86 Å². The molecule has 2 aliphatic rings. The minimum absolute atomic E-state index is 0.0146. The number of carbonyl (C=O) groups excluding carboxylic acids is 2. The Morgan fingerprint density at radius 2 is 1.81 bits per heavy atom. The lowest BCUT2D eigenvalue weighted by molar-refractivity contribution is -0.179. The van der Waals surface area contributed by atoms with Crippen molar-refractivity contribution in [3.8, 4) is 28.2 Å². The molecule has 12 heteroatoms. The molecule has 47 heavy (non-hydrogen) atoms. The fourth-order valence-electron chi connectivity index (χ4n) is 5.14. The zero-order chi connectivity index (χ0) is 33.9. The molecule has 2 unspecified atom stereocenters. The Kier molecular flexibility index (Phi) is 12.5. The SMILES string of the molecule is CC(CCOC(C)CCCON(C)C(=O)CCC=O)NCNc1ccc(-c2c3ccc(=O)cc-3oc3cc(O)ccc23)c(C(=O)O)c1. The molecule has 1 aliphatic carbocycles. The molecular formula is C35H41N3O9. The Morgan fingerprint density at radius 1 is 1.02 bits per heavy atom. The van der Waals surface area contributed by atoms with Gasteiger partial charge in [0.15, 0.2) is 5.43 Å². The van der Waals surface area contributed by atoms with E-state index in [0.717, 1.165) is 19.3 Å². The third-order valence-corrected chi connectivity index (χ3v) is 7.76. The number of aromatic hydroxyl groups is 1. The van der Waals surface area contributed by atoms with E-state index in [1.807, 2.05) is 13.8 Å². The van der Waals surface area contributed by atoms with E-state index in [2.05, 4.69) is 10.6 Å². The van der Waals surface area contributed by atoms with Crippen LogP contribution in [0.15, 0.2) is 63.8 Å². The number of nitrogens with zero attached hydrogens (tertiary/aromatic N) is 1. The Morgan fingerprint density at radius 3 is 2.57 bits per heavy atom. The van der Waals surface area contributed by atoms with Crippen molar-refractivity contribution in [3.63, 3.8) is 0 Å². The van der Waals surface area contributed by atoms with Crippen LogP contribution in [0.1, 0.15) is 56.3 Å². The van der Waals surface area contributed by atoms with Crippen molar-refractivity contribution in [2.24, 2.45) is 0 Å². The van der Waals surface area contributed by atoms with Gasteiger partial charge in [0.05, 0.1) is 24.9 Å². The lowest BCUT2D eigenvalue weighted by Gasteiger charge is -2.19. The van der Waals surface area contributed by atoms with Crippen LogP contribution in [0.3, 0.4) is 0 Å². The number of phenols is 1. The number of benzene rings is 3. The van der Waals surface area contributed by atoms with Gasteiger partial charge in [0.25, 0.3) is 0 Å². The summed E-state index contributed by atoms with van der Waals surface area (Å²) in [4.78, 5) is 52.1. The van der Waals surface area contributed by atoms with Crippen molar-refractivity contribution in [2.75, 3.05) is 32.2 Å². The highest BCUT2D eigenvalue weighted by molar-refractivity contribution is 6.08. The number of hydrogen-bond acceptors (Lipinski definition) is 10. The van der Waals surface area contributed by atoms with Gasteiger partial charge in [0.2, 0.25) is 5.91 Å². The Labute approximate surface area is 272 Å². The first-order valence-corrected chi connectivity index (χ1v) is 15.6. The zero-order valence-corrected chi connectivity index (χ0v) is 26.8. The third kappa shape index (κ3) is 9.61. The highest BCUT2D eigenvalue weighted by Gasteiger charge is 2.22. The second-order valence-electron chi connectivity index (χ2n) is 11.4. The summed E-state index contributed by atoms with van der Waals surface area (Å²) in [5.41, 5.74) is 2.38. The largest absolute Gasteiger partial charge is 0.508 e. The number of hydrogen-bond donors (Lipinski definition) is 4. The summed E-state index contributed by atoms with van der Waals surface area (Å²) in [5, 5.41) is 28.6. The van der Waals surface area contributed by atoms with Crippen molar-refractivity contribution in [2.45, 2.75) is 58.1 Å². The molecule has 4 rings (SSSR count). The standard InChI is InChI=1S/C35H41N3O9/c1-22(14-17-45-23(2)6-5-16-46-38(3)33(42)7-4-15-39)36-21-37-24-8-11-27(30(18-24)35(43)44)34-28-12-9-25(40)19-31(28)47-32-20-26(41)10-13-29(32)34/h8-13,15,18-20,22-23,36-37,40H,4-7,14,16-17,21H2,1-3H3,(H,43,44). The molecule has 1 heterocycles. The zero-order valence-electron chi connectivity index (χ0n) is 26.8. The lowest BCUT2D eigenvalue weighted by atomic mass is 9.90. The summed E-state index contributed by atoms with van der Waals surface area (Å²) in [6.45, 7) is 5.35. The summed E-state index contributed by atoms with van der Waals surface area (Å²) in [6, 6.07) is 14.2. The molecule has 4 N–H and O–H groups in total. The molecule has 2 atom stereocenters. The van der Waals surface area contributed by atoms with E-state index in [0.29, 0.717) is 65.3 Å². The number of anilines is 1. The van der Waals surface area contributed by atoms with E-state index in [1.54, 1.807) is 37.4 Å². The molecule has 0 saturated heterocycles. The third-order valence-electron chi connectivity index (χ3n) is 7.76. The first-order valence-electron chi connectivity index (χ1n) is 15.6. The predicted molar refractivity (Wildman–Crippen MR) is 178 cm³/mol. The lowest BCUT2D eigenvalue weighted by Crippen LogP contribution is -2.32. The van der Waals surface area contributed by atoms with Crippen LogP contribution in [-0.4, -0.2) is 72.5 Å². The van der Waals surface area contributed by atoms with Crippen molar-refractivity contribution in [3.05, 3.63) is 70.4 Å². The molecule has 12 nitrogen and oxygen atoms in total. The summed E-state index contributed by atoms with van der Waals surface area (Å²) >= 11 is 0. The van der Waals surface area contributed by atoms with Gasteiger partial charge in [-0.3, -0.25) is 19.7 Å². The Hall–Kier alpha value is -4.78. The van der Waals surface area contributed by atoms with Gasteiger partial charge < -0.3 is 29.5 Å². The van der Waals surface area contributed by atoms with Gasteiger partial charge in [-0.1, -0.05) is 6.07 Å². The maximum absolute atomic E-state index is 12.5. The van der Waals surface area contributed by atoms with Gasteiger partial charge in [-0.2, -0.15) is 0 Å². The van der Waals surface area contributed by atoms with Crippen LogP contribution in [0.2, 0.25) is 0 Å². The number of carbonyl (C=O) groups is 3. The quantitative estimate of drug-likeness (QED) is 0.0366. The number of amides is 1. The molecule has 2 aromatic rings. The predicted octanol–water partition coefficient (Wildman–Crippen LogP) is 5.26. The molecule has 2 aromatic carbocycles. The minimum Gasteiger partial charge on any atom is -0.508 e. The van der Waals surface area contributed by atoms with Crippen molar-refractivity contribution >= 4 is 34.8 Å². The van der Waals surface area contributed by atoms with Crippen LogP contribution < -0.4 is 16.1 Å². The van der Waals surface area contributed by atoms with E-state index in [1.165, 1.54) is 29.3 Å². The number of ether oxygens (including phenoxy) is 1. The molecule has 250 valence electrons. The van der Waals surface area contributed by atoms with Gasteiger partial charge in [-0.15, -0.1) is 0 Å². The molecule has 1 aliphatic heterocycles. The number of phenolic OH excluding ortho intramolecular Hbond substituents is 1. The first kappa shape index (κ1) is 35.1. The fourth-order valence-corrected chi connectivity index (χ4v) is 5.14. The number of aldehydes is 1. The van der Waals surface area contributed by atoms with Crippen LogP contribution in [-0.2, 0) is 19.2 Å². The molecule has 0 radical (unpaired) electrons. The van der Waals surface area contributed by atoms with Crippen LogP contribution in [0.4, 0.5) is 5.69 Å². The average molecular weight is 648 g/mol. The number of nitrogens with one attached hydrogen (secondary N) is 2. The number of hydroxylamine groups is 2. The summed E-state index contributed by atoms with van der Waals surface area (Å²) < 4.78 is 11.8. The van der Waals surface area contributed by atoms with E-state index in [9.17, 15) is 29.4 Å². The Balaban J connectivity index is 1.30. The van der Waals surface area contributed by atoms with Crippen molar-refractivity contribution in [1.29, 1.82) is 0 Å². The van der Waals surface area contributed by atoms with Gasteiger partial charge in [-0.05, 0) is 75.1 Å². The summed E-state index contributed by atoms with van der Waals surface area (Å²) in [7, 11) is 1.54. The van der Waals surface area contributed by atoms with Crippen LogP contribution in [0, 0.1) is 0 Å². The number of fused-ring (bicyclic) bond motifs is 2. The fraction of sp³-hybridized carbons (Fsp3) is 0.371. The van der Waals surface area contributed by atoms with Crippen LogP contribution >= 0.6 is 0 Å².